The van der Waals surface area contributed by atoms with Crippen LogP contribution in [-0.4, -0.2) is 4.98 Å². The predicted octanol–water partition coefficient (Wildman–Crippen LogP) is 4.60. The molecule has 90 valence electrons. The van der Waals surface area contributed by atoms with Gasteiger partial charge in [-0.1, -0.05) is 13.8 Å². The average Bonchev–Trinajstić information content (AvgIpc) is 2.80. The Bertz CT molecular complexity index is 522. The summed E-state index contributed by atoms with van der Waals surface area (Å²) in [6.07, 6.45) is 0.981. The molecule has 0 aliphatic rings. The molecular weight excluding hydrogens is 240 g/mol. The van der Waals surface area contributed by atoms with Crippen LogP contribution in [0.2, 0.25) is 0 Å². The van der Waals surface area contributed by atoms with E-state index in [1.807, 2.05) is 5.38 Å². The summed E-state index contributed by atoms with van der Waals surface area (Å²) in [5, 5.41) is 2.45. The fourth-order valence-electron chi connectivity index (χ4n) is 1.51. The van der Waals surface area contributed by atoms with Gasteiger partial charge in [-0.25, -0.2) is 13.8 Å². The first-order chi connectivity index (χ1) is 8.11. The summed E-state index contributed by atoms with van der Waals surface area (Å²) in [5.74, 6) is -0.533. The maximum atomic E-state index is 13.5. The SMILES string of the molecule is CCC(C)c1csc(-c2cc(F)ccc2F)n1. The summed E-state index contributed by atoms with van der Waals surface area (Å²) < 4.78 is 26.6. The number of hydrogen-bond donors (Lipinski definition) is 0. The molecule has 0 bridgehead atoms. The Kier molecular flexibility index (Phi) is 3.52. The zero-order valence-electron chi connectivity index (χ0n) is 9.71. The third-order valence-corrected chi connectivity index (χ3v) is 3.69. The highest BCUT2D eigenvalue weighted by atomic mass is 32.1. The minimum atomic E-state index is -0.443. The molecule has 0 amide bonds. The van der Waals surface area contributed by atoms with Crippen LogP contribution < -0.4 is 0 Å². The zero-order chi connectivity index (χ0) is 12.4. The molecule has 0 aliphatic carbocycles. The molecular formula is C13H13F2NS. The molecule has 2 rings (SSSR count). The third kappa shape index (κ3) is 2.52. The second kappa shape index (κ2) is 4.92. The van der Waals surface area contributed by atoms with Gasteiger partial charge in [-0.15, -0.1) is 11.3 Å². The van der Waals surface area contributed by atoms with Crippen molar-refractivity contribution in [2.75, 3.05) is 0 Å². The van der Waals surface area contributed by atoms with Gasteiger partial charge in [-0.05, 0) is 30.5 Å². The van der Waals surface area contributed by atoms with Gasteiger partial charge in [0.25, 0.3) is 0 Å². The Morgan fingerprint density at radius 2 is 2.12 bits per heavy atom. The molecule has 4 heteroatoms. The van der Waals surface area contributed by atoms with Crippen molar-refractivity contribution in [2.45, 2.75) is 26.2 Å². The van der Waals surface area contributed by atoms with Gasteiger partial charge < -0.3 is 0 Å². The van der Waals surface area contributed by atoms with E-state index in [1.165, 1.54) is 17.4 Å². The molecule has 0 N–H and O–H groups in total. The van der Waals surface area contributed by atoms with Gasteiger partial charge in [-0.2, -0.15) is 0 Å². The van der Waals surface area contributed by atoms with E-state index in [0.29, 0.717) is 10.9 Å². The molecule has 0 spiro atoms. The minimum Gasteiger partial charge on any atom is -0.241 e. The Labute approximate surface area is 103 Å². The molecule has 0 fully saturated rings. The van der Waals surface area contributed by atoms with E-state index >= 15 is 0 Å². The number of nitrogens with zero attached hydrogens (tertiary/aromatic N) is 1. The molecule has 0 aliphatic heterocycles. The van der Waals surface area contributed by atoms with Crippen LogP contribution in [-0.2, 0) is 0 Å². The first-order valence-electron chi connectivity index (χ1n) is 5.52. The number of benzene rings is 1. The highest BCUT2D eigenvalue weighted by Gasteiger charge is 2.13. The molecule has 1 atom stereocenters. The van der Waals surface area contributed by atoms with E-state index in [-0.39, 0.29) is 5.56 Å². The number of hydrogen-bond acceptors (Lipinski definition) is 2. The summed E-state index contributed by atoms with van der Waals surface area (Å²) >= 11 is 1.35. The summed E-state index contributed by atoms with van der Waals surface area (Å²) in [5.41, 5.74) is 1.18. The van der Waals surface area contributed by atoms with Crippen LogP contribution in [0.25, 0.3) is 10.6 Å². The molecule has 1 aromatic heterocycles. The molecule has 0 radical (unpaired) electrons. The van der Waals surface area contributed by atoms with E-state index in [2.05, 4.69) is 18.8 Å². The van der Waals surface area contributed by atoms with Crippen LogP contribution in [0.5, 0.6) is 0 Å². The van der Waals surface area contributed by atoms with Gasteiger partial charge in [0.05, 0.1) is 5.69 Å². The smallest absolute Gasteiger partial charge is 0.133 e. The monoisotopic (exact) mass is 253 g/mol. The summed E-state index contributed by atoms with van der Waals surface area (Å²) in [6, 6.07) is 3.44. The van der Waals surface area contributed by atoms with Crippen molar-refractivity contribution in [3.63, 3.8) is 0 Å². The number of rotatable bonds is 3. The van der Waals surface area contributed by atoms with Crippen molar-refractivity contribution in [2.24, 2.45) is 0 Å². The molecule has 1 unspecified atom stereocenters. The van der Waals surface area contributed by atoms with Gasteiger partial charge in [0, 0.05) is 10.9 Å². The number of thiazole rings is 1. The topological polar surface area (TPSA) is 12.9 Å². The van der Waals surface area contributed by atoms with E-state index in [9.17, 15) is 8.78 Å². The van der Waals surface area contributed by atoms with Crippen LogP contribution in [0.4, 0.5) is 8.78 Å². The molecule has 1 nitrogen and oxygen atoms in total. The Balaban J connectivity index is 2.40. The first kappa shape index (κ1) is 12.2. The second-order valence-electron chi connectivity index (χ2n) is 4.01. The van der Waals surface area contributed by atoms with Crippen LogP contribution in [0.15, 0.2) is 23.6 Å². The highest BCUT2D eigenvalue weighted by molar-refractivity contribution is 7.13. The van der Waals surface area contributed by atoms with Crippen molar-refractivity contribution < 1.29 is 8.78 Å². The molecule has 0 saturated heterocycles. The Morgan fingerprint density at radius 1 is 1.35 bits per heavy atom. The lowest BCUT2D eigenvalue weighted by atomic mass is 10.1. The lowest BCUT2D eigenvalue weighted by Crippen LogP contribution is -1.92. The molecule has 17 heavy (non-hydrogen) atoms. The third-order valence-electron chi connectivity index (χ3n) is 2.80. The van der Waals surface area contributed by atoms with Crippen LogP contribution in [0.3, 0.4) is 0 Å². The van der Waals surface area contributed by atoms with Gasteiger partial charge in [0.1, 0.15) is 16.6 Å². The van der Waals surface area contributed by atoms with E-state index in [1.54, 1.807) is 0 Å². The van der Waals surface area contributed by atoms with Crippen LogP contribution >= 0.6 is 11.3 Å². The standard InChI is InChI=1S/C13H13F2NS/c1-3-8(2)12-7-17-13(16-12)10-6-9(14)4-5-11(10)15/h4-8H,3H2,1-2H3. The summed E-state index contributed by atoms with van der Waals surface area (Å²) in [7, 11) is 0. The van der Waals surface area contributed by atoms with Crippen molar-refractivity contribution in [3.05, 3.63) is 40.9 Å². The van der Waals surface area contributed by atoms with E-state index in [4.69, 9.17) is 0 Å². The fourth-order valence-corrected chi connectivity index (χ4v) is 2.47. The lowest BCUT2D eigenvalue weighted by molar-refractivity contribution is 0.603. The Hall–Kier alpha value is -1.29. The van der Waals surface area contributed by atoms with Crippen molar-refractivity contribution in [3.8, 4) is 10.6 Å². The van der Waals surface area contributed by atoms with Crippen LogP contribution in [0, 0.1) is 11.6 Å². The number of aromatic nitrogens is 1. The van der Waals surface area contributed by atoms with Gasteiger partial charge >= 0.3 is 0 Å². The number of halogens is 2. The zero-order valence-corrected chi connectivity index (χ0v) is 10.5. The van der Waals surface area contributed by atoms with E-state index in [0.717, 1.165) is 24.2 Å². The molecule has 2 aromatic rings. The first-order valence-corrected chi connectivity index (χ1v) is 6.40. The van der Waals surface area contributed by atoms with E-state index < -0.39 is 11.6 Å². The van der Waals surface area contributed by atoms with Crippen LogP contribution in [0.1, 0.15) is 31.9 Å². The normalized spacial score (nSPS) is 12.7. The second-order valence-corrected chi connectivity index (χ2v) is 4.87. The minimum absolute atomic E-state index is 0.240. The van der Waals surface area contributed by atoms with Crippen molar-refractivity contribution in [1.82, 2.24) is 4.98 Å². The molecule has 0 saturated carbocycles. The van der Waals surface area contributed by atoms with Crippen molar-refractivity contribution >= 4 is 11.3 Å². The largest absolute Gasteiger partial charge is 0.241 e. The lowest BCUT2D eigenvalue weighted by Gasteiger charge is -2.03. The van der Waals surface area contributed by atoms with Gasteiger partial charge in [-0.3, -0.25) is 0 Å². The predicted molar refractivity (Wildman–Crippen MR) is 66.2 cm³/mol. The molecule has 1 heterocycles. The van der Waals surface area contributed by atoms with Crippen molar-refractivity contribution in [1.29, 1.82) is 0 Å². The van der Waals surface area contributed by atoms with Gasteiger partial charge in [0.15, 0.2) is 0 Å². The average molecular weight is 253 g/mol. The maximum absolute atomic E-state index is 13.5. The Morgan fingerprint density at radius 3 is 2.82 bits per heavy atom. The maximum Gasteiger partial charge on any atom is 0.133 e. The summed E-state index contributed by atoms with van der Waals surface area (Å²) in [6.45, 7) is 4.15. The quantitative estimate of drug-likeness (QED) is 0.779. The fraction of sp³-hybridized carbons (Fsp3) is 0.308. The van der Waals surface area contributed by atoms with Gasteiger partial charge in [0.2, 0.25) is 0 Å². The summed E-state index contributed by atoms with van der Waals surface area (Å²) in [4.78, 5) is 4.37. The molecule has 1 aromatic carbocycles. The highest BCUT2D eigenvalue weighted by Crippen LogP contribution is 2.30.